The number of methoxy groups -OCH3 is 1. The smallest absolute Gasteiger partial charge is 0.0670 e. The van der Waals surface area contributed by atoms with Crippen molar-refractivity contribution in [1.29, 1.82) is 0 Å². The predicted octanol–water partition coefficient (Wildman–Crippen LogP) is 0.851. The Labute approximate surface area is 99.1 Å². The lowest BCUT2D eigenvalue weighted by atomic mass is 10.1. The maximum Gasteiger partial charge on any atom is 0.0670 e. The van der Waals surface area contributed by atoms with E-state index in [1.54, 1.807) is 7.11 Å². The highest BCUT2D eigenvalue weighted by Gasteiger charge is 2.20. The standard InChI is InChI=1S/C12H26N2O2/c1-11(15-2)10-14-7-4-12(5-8-14)16-9-3-6-13/h11-12H,3-10,13H2,1-2H3. The Bertz CT molecular complexity index is 170. The minimum absolute atomic E-state index is 0.328. The first-order valence-corrected chi connectivity index (χ1v) is 6.33. The third-order valence-corrected chi connectivity index (χ3v) is 3.15. The molecular weight excluding hydrogens is 204 g/mol. The number of nitrogens with two attached hydrogens (primary N) is 1. The van der Waals surface area contributed by atoms with E-state index in [1.807, 2.05) is 0 Å². The fourth-order valence-electron chi connectivity index (χ4n) is 2.03. The zero-order valence-corrected chi connectivity index (χ0v) is 10.7. The van der Waals surface area contributed by atoms with Gasteiger partial charge >= 0.3 is 0 Å². The van der Waals surface area contributed by atoms with Gasteiger partial charge in [-0.25, -0.2) is 0 Å². The molecule has 0 aromatic carbocycles. The van der Waals surface area contributed by atoms with Crippen LogP contribution in [-0.4, -0.2) is 57.0 Å². The van der Waals surface area contributed by atoms with Crippen molar-refractivity contribution >= 4 is 0 Å². The van der Waals surface area contributed by atoms with Crippen molar-refractivity contribution in [3.63, 3.8) is 0 Å². The van der Waals surface area contributed by atoms with Gasteiger partial charge in [0.25, 0.3) is 0 Å². The van der Waals surface area contributed by atoms with Crippen molar-refractivity contribution in [3.05, 3.63) is 0 Å². The number of likely N-dealkylation sites (tertiary alicyclic amines) is 1. The molecule has 0 amide bonds. The second-order valence-electron chi connectivity index (χ2n) is 4.56. The van der Waals surface area contributed by atoms with Gasteiger partial charge in [-0.15, -0.1) is 0 Å². The van der Waals surface area contributed by atoms with E-state index in [9.17, 15) is 0 Å². The Balaban J connectivity index is 2.08. The van der Waals surface area contributed by atoms with Crippen molar-refractivity contribution in [2.75, 3.05) is 39.9 Å². The Morgan fingerprint density at radius 2 is 2.06 bits per heavy atom. The minimum Gasteiger partial charge on any atom is -0.380 e. The molecule has 1 atom stereocenters. The molecule has 2 N–H and O–H groups in total. The van der Waals surface area contributed by atoms with E-state index in [1.165, 1.54) is 0 Å². The first-order valence-electron chi connectivity index (χ1n) is 6.33. The quantitative estimate of drug-likeness (QED) is 0.659. The molecule has 1 heterocycles. The summed E-state index contributed by atoms with van der Waals surface area (Å²) in [4.78, 5) is 2.46. The Kier molecular flexibility index (Phi) is 6.96. The molecule has 1 saturated heterocycles. The van der Waals surface area contributed by atoms with Crippen molar-refractivity contribution in [3.8, 4) is 0 Å². The van der Waals surface area contributed by atoms with E-state index in [2.05, 4.69) is 11.8 Å². The summed E-state index contributed by atoms with van der Waals surface area (Å²) in [6, 6.07) is 0. The van der Waals surface area contributed by atoms with Gasteiger partial charge in [0.2, 0.25) is 0 Å². The Morgan fingerprint density at radius 3 is 2.62 bits per heavy atom. The van der Waals surface area contributed by atoms with Gasteiger partial charge < -0.3 is 20.1 Å². The largest absolute Gasteiger partial charge is 0.380 e. The van der Waals surface area contributed by atoms with Gasteiger partial charge in [0.05, 0.1) is 12.2 Å². The summed E-state index contributed by atoms with van der Waals surface area (Å²) in [5, 5.41) is 0. The number of rotatable bonds is 7. The molecule has 1 rings (SSSR count). The van der Waals surface area contributed by atoms with E-state index in [0.717, 1.165) is 52.0 Å². The van der Waals surface area contributed by atoms with Gasteiger partial charge in [0, 0.05) is 33.4 Å². The van der Waals surface area contributed by atoms with Gasteiger partial charge in [-0.3, -0.25) is 0 Å². The van der Waals surface area contributed by atoms with Crippen molar-refractivity contribution < 1.29 is 9.47 Å². The summed E-state index contributed by atoms with van der Waals surface area (Å²) >= 11 is 0. The number of ether oxygens (including phenoxy) is 2. The van der Waals surface area contributed by atoms with Crippen LogP contribution in [-0.2, 0) is 9.47 Å². The summed E-state index contributed by atoms with van der Waals surface area (Å²) in [6.07, 6.45) is 4.03. The third-order valence-electron chi connectivity index (χ3n) is 3.15. The molecule has 1 fully saturated rings. The molecule has 0 bridgehead atoms. The summed E-state index contributed by atoms with van der Waals surface area (Å²) in [5.74, 6) is 0. The van der Waals surface area contributed by atoms with Crippen molar-refractivity contribution in [1.82, 2.24) is 4.90 Å². The van der Waals surface area contributed by atoms with Crippen LogP contribution < -0.4 is 5.73 Å². The maximum atomic E-state index is 5.77. The van der Waals surface area contributed by atoms with Crippen LogP contribution in [0.1, 0.15) is 26.2 Å². The first kappa shape index (κ1) is 13.9. The molecule has 4 heteroatoms. The zero-order valence-electron chi connectivity index (χ0n) is 10.7. The van der Waals surface area contributed by atoms with Gasteiger partial charge in [-0.1, -0.05) is 0 Å². The van der Waals surface area contributed by atoms with E-state index >= 15 is 0 Å². The lowest BCUT2D eigenvalue weighted by Crippen LogP contribution is -2.41. The van der Waals surface area contributed by atoms with Crippen molar-refractivity contribution in [2.45, 2.75) is 38.4 Å². The van der Waals surface area contributed by atoms with Gasteiger partial charge in [-0.2, -0.15) is 0 Å². The number of hydrogen-bond donors (Lipinski definition) is 1. The van der Waals surface area contributed by atoms with Crippen LogP contribution in [0.4, 0.5) is 0 Å². The van der Waals surface area contributed by atoms with Gasteiger partial charge in [0.15, 0.2) is 0 Å². The summed E-state index contributed by atoms with van der Waals surface area (Å²) < 4.78 is 11.0. The molecule has 1 aliphatic rings. The minimum atomic E-state index is 0.328. The average Bonchev–Trinajstić information content (AvgIpc) is 2.31. The van der Waals surface area contributed by atoms with Crippen molar-refractivity contribution in [2.24, 2.45) is 5.73 Å². The molecule has 4 nitrogen and oxygen atoms in total. The Morgan fingerprint density at radius 1 is 1.38 bits per heavy atom. The second kappa shape index (κ2) is 8.01. The highest BCUT2D eigenvalue weighted by molar-refractivity contribution is 4.74. The fraction of sp³-hybridized carbons (Fsp3) is 1.00. The average molecular weight is 230 g/mol. The normalized spacial score (nSPS) is 21.2. The van der Waals surface area contributed by atoms with Crippen LogP contribution in [0.15, 0.2) is 0 Å². The molecule has 0 aromatic rings. The monoisotopic (exact) mass is 230 g/mol. The van der Waals surface area contributed by atoms with Crippen LogP contribution in [0.5, 0.6) is 0 Å². The van der Waals surface area contributed by atoms with Gasteiger partial charge in [0.1, 0.15) is 0 Å². The number of nitrogens with zero attached hydrogens (tertiary/aromatic N) is 1. The SMILES string of the molecule is COC(C)CN1CCC(OCCCN)CC1. The summed E-state index contributed by atoms with van der Waals surface area (Å²) in [6.45, 7) is 6.94. The molecule has 0 radical (unpaired) electrons. The first-order chi connectivity index (χ1) is 7.76. The predicted molar refractivity (Wildman–Crippen MR) is 65.6 cm³/mol. The topological polar surface area (TPSA) is 47.7 Å². The van der Waals surface area contributed by atoms with E-state index in [4.69, 9.17) is 15.2 Å². The van der Waals surface area contributed by atoms with E-state index in [-0.39, 0.29) is 0 Å². The van der Waals surface area contributed by atoms with E-state index in [0.29, 0.717) is 12.2 Å². The molecule has 0 aromatic heterocycles. The lowest BCUT2D eigenvalue weighted by molar-refractivity contribution is -0.00526. The van der Waals surface area contributed by atoms with Crippen LogP contribution in [0.2, 0.25) is 0 Å². The molecule has 16 heavy (non-hydrogen) atoms. The number of hydrogen-bond acceptors (Lipinski definition) is 4. The molecule has 0 saturated carbocycles. The summed E-state index contributed by atoms with van der Waals surface area (Å²) in [5.41, 5.74) is 5.43. The molecule has 1 aliphatic heterocycles. The van der Waals surface area contributed by atoms with Crippen LogP contribution >= 0.6 is 0 Å². The fourth-order valence-corrected chi connectivity index (χ4v) is 2.03. The molecule has 1 unspecified atom stereocenters. The van der Waals surface area contributed by atoms with Crippen LogP contribution in [0.25, 0.3) is 0 Å². The van der Waals surface area contributed by atoms with Crippen LogP contribution in [0, 0.1) is 0 Å². The Hall–Kier alpha value is -0.160. The third kappa shape index (κ3) is 5.25. The van der Waals surface area contributed by atoms with E-state index < -0.39 is 0 Å². The number of piperidine rings is 1. The molecule has 0 aliphatic carbocycles. The summed E-state index contributed by atoms with van der Waals surface area (Å²) in [7, 11) is 1.77. The van der Waals surface area contributed by atoms with Crippen LogP contribution in [0.3, 0.4) is 0 Å². The zero-order chi connectivity index (χ0) is 11.8. The maximum absolute atomic E-state index is 5.77. The molecule has 0 spiro atoms. The highest BCUT2D eigenvalue weighted by atomic mass is 16.5. The highest BCUT2D eigenvalue weighted by Crippen LogP contribution is 2.14. The second-order valence-corrected chi connectivity index (χ2v) is 4.56. The molecular formula is C12H26N2O2. The molecule has 96 valence electrons. The lowest BCUT2D eigenvalue weighted by Gasteiger charge is -2.33. The van der Waals surface area contributed by atoms with Gasteiger partial charge in [-0.05, 0) is 32.7 Å².